The highest BCUT2D eigenvalue weighted by molar-refractivity contribution is 5.67. The first kappa shape index (κ1) is 11.3. The summed E-state index contributed by atoms with van der Waals surface area (Å²) in [5.74, 6) is 0. The van der Waals surface area contributed by atoms with Crippen molar-refractivity contribution in [3.63, 3.8) is 0 Å². The number of hydrogen-bond donors (Lipinski definition) is 1. The van der Waals surface area contributed by atoms with Crippen molar-refractivity contribution in [2.75, 3.05) is 13.1 Å². The van der Waals surface area contributed by atoms with Crippen LogP contribution in [-0.4, -0.2) is 36.2 Å². The van der Waals surface area contributed by atoms with Crippen LogP contribution < -0.4 is 5.73 Å². The van der Waals surface area contributed by atoms with Crippen LogP contribution in [0.25, 0.3) is 0 Å². The van der Waals surface area contributed by atoms with Crippen LogP contribution in [0.3, 0.4) is 0 Å². The van der Waals surface area contributed by atoms with Crippen LogP contribution in [0.1, 0.15) is 33.1 Å². The van der Waals surface area contributed by atoms with Crippen molar-refractivity contribution in [2.24, 2.45) is 5.73 Å². The van der Waals surface area contributed by atoms with Crippen LogP contribution in [-0.2, 0) is 4.74 Å². The van der Waals surface area contributed by atoms with E-state index in [-0.39, 0.29) is 18.2 Å². The van der Waals surface area contributed by atoms with Crippen molar-refractivity contribution in [2.45, 2.75) is 45.3 Å². The van der Waals surface area contributed by atoms with Gasteiger partial charge in [-0.15, -0.1) is 0 Å². The Kier molecular flexibility index (Phi) is 4.20. The van der Waals surface area contributed by atoms with E-state index in [0.717, 1.165) is 32.4 Å². The molecule has 4 heteroatoms. The Morgan fingerprint density at radius 3 is 2.64 bits per heavy atom. The van der Waals surface area contributed by atoms with Crippen molar-refractivity contribution in [1.82, 2.24) is 4.90 Å². The molecule has 0 aromatic rings. The number of ether oxygens (including phenoxy) is 1. The number of carbonyl (C=O) groups is 1. The van der Waals surface area contributed by atoms with Gasteiger partial charge in [0.1, 0.15) is 6.10 Å². The van der Waals surface area contributed by atoms with Crippen LogP contribution >= 0.6 is 0 Å². The molecule has 1 rings (SSSR count). The summed E-state index contributed by atoms with van der Waals surface area (Å²) in [5.41, 5.74) is 5.75. The lowest BCUT2D eigenvalue weighted by molar-refractivity contribution is 0.0617. The maximum absolute atomic E-state index is 11.5. The highest BCUT2D eigenvalue weighted by Gasteiger charge is 2.22. The molecule has 82 valence electrons. The molecule has 0 aromatic heterocycles. The van der Waals surface area contributed by atoms with Gasteiger partial charge in [0.2, 0.25) is 0 Å². The number of likely N-dealkylation sites (tertiary alicyclic amines) is 1. The molecule has 0 aromatic carbocycles. The molecule has 1 atom stereocenters. The number of piperidine rings is 1. The van der Waals surface area contributed by atoms with Gasteiger partial charge in [-0.25, -0.2) is 4.79 Å². The zero-order valence-corrected chi connectivity index (χ0v) is 9.03. The molecule has 1 aliphatic rings. The molecule has 0 bridgehead atoms. The minimum atomic E-state index is -0.189. The van der Waals surface area contributed by atoms with Crippen LogP contribution in [0.5, 0.6) is 0 Å². The number of carbonyl (C=O) groups excluding carboxylic acids is 1. The molecule has 1 heterocycles. The standard InChI is InChI=1S/C10H20N2O2/c1-3-8(2)14-10(13)12-6-4-9(11)5-7-12/h8-9H,3-7,11H2,1-2H3. The molecule has 1 saturated heterocycles. The fraction of sp³-hybridized carbons (Fsp3) is 0.900. The van der Waals surface area contributed by atoms with Crippen LogP contribution in [0.4, 0.5) is 4.79 Å². The second-order valence-electron chi connectivity index (χ2n) is 3.93. The lowest BCUT2D eigenvalue weighted by Crippen LogP contribution is -2.43. The van der Waals surface area contributed by atoms with E-state index in [9.17, 15) is 4.79 Å². The normalized spacial score (nSPS) is 20.6. The maximum atomic E-state index is 11.5. The Labute approximate surface area is 85.4 Å². The Bertz CT molecular complexity index is 189. The van der Waals surface area contributed by atoms with E-state index >= 15 is 0 Å². The third-order valence-electron chi connectivity index (χ3n) is 2.67. The molecular formula is C10H20N2O2. The van der Waals surface area contributed by atoms with Crippen molar-refractivity contribution in [3.8, 4) is 0 Å². The van der Waals surface area contributed by atoms with Gasteiger partial charge >= 0.3 is 6.09 Å². The van der Waals surface area contributed by atoms with Gasteiger partial charge in [0.15, 0.2) is 0 Å². The van der Waals surface area contributed by atoms with Gasteiger partial charge in [0.25, 0.3) is 0 Å². The molecule has 2 N–H and O–H groups in total. The predicted octanol–water partition coefficient (Wildman–Crippen LogP) is 1.34. The molecule has 1 amide bonds. The third kappa shape index (κ3) is 3.18. The van der Waals surface area contributed by atoms with E-state index in [1.54, 1.807) is 4.90 Å². The van der Waals surface area contributed by atoms with E-state index in [4.69, 9.17) is 10.5 Å². The summed E-state index contributed by atoms with van der Waals surface area (Å²) in [6.45, 7) is 5.38. The predicted molar refractivity (Wildman–Crippen MR) is 55.0 cm³/mol. The number of amides is 1. The Morgan fingerprint density at radius 1 is 1.57 bits per heavy atom. The number of nitrogens with zero attached hydrogens (tertiary/aromatic N) is 1. The Balaban J connectivity index is 2.30. The quantitative estimate of drug-likeness (QED) is 0.732. The third-order valence-corrected chi connectivity index (χ3v) is 2.67. The molecule has 1 unspecified atom stereocenters. The molecule has 0 radical (unpaired) electrons. The molecule has 1 aliphatic heterocycles. The zero-order chi connectivity index (χ0) is 10.6. The van der Waals surface area contributed by atoms with Crippen molar-refractivity contribution < 1.29 is 9.53 Å². The first-order valence-corrected chi connectivity index (χ1v) is 5.34. The van der Waals surface area contributed by atoms with E-state index in [1.165, 1.54) is 0 Å². The van der Waals surface area contributed by atoms with E-state index in [0.29, 0.717) is 0 Å². The molecular weight excluding hydrogens is 180 g/mol. The lowest BCUT2D eigenvalue weighted by atomic mass is 10.1. The van der Waals surface area contributed by atoms with Crippen molar-refractivity contribution >= 4 is 6.09 Å². The fourth-order valence-electron chi connectivity index (χ4n) is 1.41. The molecule has 4 nitrogen and oxygen atoms in total. The monoisotopic (exact) mass is 200 g/mol. The van der Waals surface area contributed by atoms with Gasteiger partial charge in [0, 0.05) is 19.1 Å². The first-order chi connectivity index (χ1) is 6.63. The fourth-order valence-corrected chi connectivity index (χ4v) is 1.41. The summed E-state index contributed by atoms with van der Waals surface area (Å²) in [6, 6.07) is 0.252. The van der Waals surface area contributed by atoms with Gasteiger partial charge in [-0.05, 0) is 26.2 Å². The SMILES string of the molecule is CCC(C)OC(=O)N1CCC(N)CC1. The van der Waals surface area contributed by atoms with Crippen molar-refractivity contribution in [3.05, 3.63) is 0 Å². The van der Waals surface area contributed by atoms with Crippen LogP contribution in [0, 0.1) is 0 Å². The van der Waals surface area contributed by atoms with Gasteiger partial charge in [-0.1, -0.05) is 6.92 Å². The summed E-state index contributed by atoms with van der Waals surface area (Å²) in [4.78, 5) is 13.3. The van der Waals surface area contributed by atoms with Crippen LogP contribution in [0.15, 0.2) is 0 Å². The number of rotatable bonds is 2. The second kappa shape index (κ2) is 5.20. The summed E-state index contributed by atoms with van der Waals surface area (Å²) in [5, 5.41) is 0. The lowest BCUT2D eigenvalue weighted by Gasteiger charge is -2.30. The summed E-state index contributed by atoms with van der Waals surface area (Å²) < 4.78 is 5.22. The smallest absolute Gasteiger partial charge is 0.410 e. The second-order valence-corrected chi connectivity index (χ2v) is 3.93. The molecule has 0 spiro atoms. The molecule has 1 fully saturated rings. The van der Waals surface area contributed by atoms with Crippen molar-refractivity contribution in [1.29, 1.82) is 0 Å². The summed E-state index contributed by atoms with van der Waals surface area (Å²) >= 11 is 0. The summed E-state index contributed by atoms with van der Waals surface area (Å²) in [6.07, 6.45) is 2.45. The molecule has 0 saturated carbocycles. The minimum Gasteiger partial charge on any atom is -0.446 e. The largest absolute Gasteiger partial charge is 0.446 e. The maximum Gasteiger partial charge on any atom is 0.410 e. The average molecular weight is 200 g/mol. The number of nitrogens with two attached hydrogens (primary N) is 1. The van der Waals surface area contributed by atoms with E-state index < -0.39 is 0 Å². The van der Waals surface area contributed by atoms with Crippen LogP contribution in [0.2, 0.25) is 0 Å². The first-order valence-electron chi connectivity index (χ1n) is 5.34. The summed E-state index contributed by atoms with van der Waals surface area (Å²) in [7, 11) is 0. The Hall–Kier alpha value is -0.770. The van der Waals surface area contributed by atoms with Gasteiger partial charge < -0.3 is 15.4 Å². The Morgan fingerprint density at radius 2 is 2.14 bits per heavy atom. The molecule has 0 aliphatic carbocycles. The highest BCUT2D eigenvalue weighted by atomic mass is 16.6. The van der Waals surface area contributed by atoms with E-state index in [1.807, 2.05) is 13.8 Å². The van der Waals surface area contributed by atoms with Gasteiger partial charge in [-0.2, -0.15) is 0 Å². The molecule has 14 heavy (non-hydrogen) atoms. The zero-order valence-electron chi connectivity index (χ0n) is 9.03. The topological polar surface area (TPSA) is 55.6 Å². The number of hydrogen-bond acceptors (Lipinski definition) is 3. The highest BCUT2D eigenvalue weighted by Crippen LogP contribution is 2.10. The van der Waals surface area contributed by atoms with E-state index in [2.05, 4.69) is 0 Å². The van der Waals surface area contributed by atoms with Gasteiger partial charge in [-0.3, -0.25) is 0 Å². The minimum absolute atomic E-state index is 0.0121. The van der Waals surface area contributed by atoms with Gasteiger partial charge in [0.05, 0.1) is 0 Å². The average Bonchev–Trinajstić information content (AvgIpc) is 2.18.